The smallest absolute Gasteiger partial charge is 0.186 e. The predicted molar refractivity (Wildman–Crippen MR) is 60.7 cm³/mol. The first kappa shape index (κ1) is 12.4. The van der Waals surface area contributed by atoms with Gasteiger partial charge in [-0.1, -0.05) is 17.8 Å². The minimum absolute atomic E-state index is 0.0180. The normalized spacial score (nSPS) is 11.5. The molecule has 0 bridgehead atoms. The van der Waals surface area contributed by atoms with Crippen LogP contribution in [-0.2, 0) is 9.59 Å². The third kappa shape index (κ3) is 3.48. The lowest BCUT2D eigenvalue weighted by molar-refractivity contribution is -0.117. The number of nitriles is 1. The van der Waals surface area contributed by atoms with E-state index in [-0.39, 0.29) is 16.7 Å². The van der Waals surface area contributed by atoms with E-state index in [1.54, 1.807) is 18.2 Å². The monoisotopic (exact) mass is 234 g/mol. The lowest BCUT2D eigenvalue weighted by Crippen LogP contribution is -2.15. The average Bonchev–Trinajstić information content (AvgIpc) is 2.29. The first-order chi connectivity index (χ1) is 7.65. The maximum Gasteiger partial charge on any atom is 0.186 e. The summed E-state index contributed by atoms with van der Waals surface area (Å²) in [4.78, 5) is 26.3. The van der Waals surface area contributed by atoms with Crippen LogP contribution in [0.5, 0.6) is 0 Å². The standard InChI is InChI=1S/C11H10N2O2S/c1-8(14)16-7-11(15)9(6-12)10-4-2-3-5-13-10/h2-5,9H,7H2,1H3/t9-/m0/s1. The fraction of sp³-hybridized carbons (Fsp3) is 0.273. The van der Waals surface area contributed by atoms with Crippen LogP contribution in [0.15, 0.2) is 24.4 Å². The van der Waals surface area contributed by atoms with Gasteiger partial charge in [-0.3, -0.25) is 14.6 Å². The molecule has 5 heteroatoms. The van der Waals surface area contributed by atoms with Crippen molar-refractivity contribution in [1.29, 1.82) is 5.26 Å². The van der Waals surface area contributed by atoms with Crippen molar-refractivity contribution in [2.24, 2.45) is 0 Å². The van der Waals surface area contributed by atoms with Crippen LogP contribution in [0.2, 0.25) is 0 Å². The Kier molecular flexibility index (Phi) is 4.67. The second-order valence-electron chi connectivity index (χ2n) is 3.06. The van der Waals surface area contributed by atoms with Crippen LogP contribution in [0.25, 0.3) is 0 Å². The molecule has 0 N–H and O–H groups in total. The molecular weight excluding hydrogens is 224 g/mol. The Balaban J connectivity index is 2.73. The minimum atomic E-state index is -0.881. The van der Waals surface area contributed by atoms with Crippen LogP contribution in [0.4, 0.5) is 0 Å². The summed E-state index contributed by atoms with van der Waals surface area (Å²) >= 11 is 0.910. The molecule has 0 saturated carbocycles. The Hall–Kier alpha value is -1.67. The minimum Gasteiger partial charge on any atom is -0.297 e. The molecule has 0 radical (unpaired) electrons. The van der Waals surface area contributed by atoms with E-state index in [4.69, 9.17) is 5.26 Å². The molecule has 0 amide bonds. The van der Waals surface area contributed by atoms with Gasteiger partial charge in [0.2, 0.25) is 0 Å². The highest BCUT2D eigenvalue weighted by Gasteiger charge is 2.21. The molecule has 16 heavy (non-hydrogen) atoms. The van der Waals surface area contributed by atoms with Crippen molar-refractivity contribution in [1.82, 2.24) is 4.98 Å². The number of hydrogen-bond acceptors (Lipinski definition) is 5. The van der Waals surface area contributed by atoms with Crippen molar-refractivity contribution < 1.29 is 9.59 Å². The molecule has 1 aromatic heterocycles. The second kappa shape index (κ2) is 6.03. The predicted octanol–water partition coefficient (Wildman–Crippen LogP) is 1.54. The zero-order valence-electron chi connectivity index (χ0n) is 8.71. The van der Waals surface area contributed by atoms with Crippen LogP contribution < -0.4 is 0 Å². The maximum atomic E-state index is 11.6. The van der Waals surface area contributed by atoms with Crippen LogP contribution in [0.1, 0.15) is 18.5 Å². The zero-order chi connectivity index (χ0) is 12.0. The first-order valence-corrected chi connectivity index (χ1v) is 5.60. The third-order valence-corrected chi connectivity index (χ3v) is 2.69. The zero-order valence-corrected chi connectivity index (χ0v) is 9.53. The van der Waals surface area contributed by atoms with Gasteiger partial charge in [-0.05, 0) is 12.1 Å². The van der Waals surface area contributed by atoms with E-state index in [0.29, 0.717) is 5.69 Å². The Labute approximate surface area is 97.7 Å². The van der Waals surface area contributed by atoms with E-state index in [0.717, 1.165) is 11.8 Å². The molecule has 1 rings (SSSR count). The number of nitrogens with zero attached hydrogens (tertiary/aromatic N) is 2. The van der Waals surface area contributed by atoms with E-state index in [9.17, 15) is 9.59 Å². The molecule has 82 valence electrons. The van der Waals surface area contributed by atoms with Crippen molar-refractivity contribution in [3.63, 3.8) is 0 Å². The Morgan fingerprint density at radius 3 is 2.81 bits per heavy atom. The Morgan fingerprint density at radius 2 is 2.31 bits per heavy atom. The summed E-state index contributed by atoms with van der Waals surface area (Å²) in [5, 5.41) is 8.78. The summed E-state index contributed by atoms with van der Waals surface area (Å²) in [6, 6.07) is 6.97. The number of pyridine rings is 1. The molecule has 0 aliphatic rings. The van der Waals surface area contributed by atoms with Gasteiger partial charge in [0, 0.05) is 13.1 Å². The highest BCUT2D eigenvalue weighted by molar-refractivity contribution is 8.14. The SMILES string of the molecule is CC(=O)SCC(=O)[C@@H](C#N)c1ccccn1. The van der Waals surface area contributed by atoms with Crippen molar-refractivity contribution >= 4 is 22.7 Å². The van der Waals surface area contributed by atoms with Gasteiger partial charge >= 0.3 is 0 Å². The molecule has 4 nitrogen and oxygen atoms in total. The number of Topliss-reactive ketones (excluding diaryl/α,β-unsaturated/α-hetero) is 1. The highest BCUT2D eigenvalue weighted by atomic mass is 32.2. The summed E-state index contributed by atoms with van der Waals surface area (Å²) < 4.78 is 0. The van der Waals surface area contributed by atoms with Crippen LogP contribution >= 0.6 is 11.8 Å². The van der Waals surface area contributed by atoms with Crippen LogP contribution in [0.3, 0.4) is 0 Å². The van der Waals surface area contributed by atoms with E-state index < -0.39 is 5.92 Å². The van der Waals surface area contributed by atoms with Gasteiger partial charge in [0.15, 0.2) is 10.9 Å². The van der Waals surface area contributed by atoms with Crippen molar-refractivity contribution in [2.45, 2.75) is 12.8 Å². The number of rotatable bonds is 4. The van der Waals surface area contributed by atoms with Gasteiger partial charge in [0.25, 0.3) is 0 Å². The molecule has 0 saturated heterocycles. The lowest BCUT2D eigenvalue weighted by atomic mass is 10.0. The van der Waals surface area contributed by atoms with Crippen LogP contribution in [-0.4, -0.2) is 21.6 Å². The van der Waals surface area contributed by atoms with Gasteiger partial charge in [-0.15, -0.1) is 0 Å². The van der Waals surface area contributed by atoms with Crippen LogP contribution in [0, 0.1) is 11.3 Å². The van der Waals surface area contributed by atoms with Gasteiger partial charge in [0.1, 0.15) is 5.92 Å². The Bertz CT molecular complexity index is 425. The molecule has 1 heterocycles. The molecule has 0 aromatic carbocycles. The lowest BCUT2D eigenvalue weighted by Gasteiger charge is -2.05. The number of aromatic nitrogens is 1. The molecule has 0 aliphatic heterocycles. The van der Waals surface area contributed by atoms with Gasteiger partial charge in [-0.2, -0.15) is 5.26 Å². The third-order valence-electron chi connectivity index (χ3n) is 1.85. The molecule has 0 aliphatic carbocycles. The molecule has 0 fully saturated rings. The number of hydrogen-bond donors (Lipinski definition) is 0. The maximum absolute atomic E-state index is 11.6. The summed E-state index contributed by atoms with van der Waals surface area (Å²) in [6.45, 7) is 1.39. The number of carbonyl (C=O) groups excluding carboxylic acids is 2. The molecular formula is C11H10N2O2S. The highest BCUT2D eigenvalue weighted by Crippen LogP contribution is 2.16. The first-order valence-electron chi connectivity index (χ1n) is 4.61. The van der Waals surface area contributed by atoms with E-state index in [1.807, 2.05) is 6.07 Å². The second-order valence-corrected chi connectivity index (χ2v) is 4.22. The largest absolute Gasteiger partial charge is 0.297 e. The number of ketones is 1. The summed E-state index contributed by atoms with van der Waals surface area (Å²) in [5.41, 5.74) is 0.430. The number of thioether (sulfide) groups is 1. The van der Waals surface area contributed by atoms with Gasteiger partial charge in [0.05, 0.1) is 17.5 Å². The fourth-order valence-corrected chi connectivity index (χ4v) is 1.62. The molecule has 1 aromatic rings. The van der Waals surface area contributed by atoms with E-state index in [2.05, 4.69) is 4.98 Å². The molecule has 0 unspecified atom stereocenters. The number of carbonyl (C=O) groups is 2. The van der Waals surface area contributed by atoms with Gasteiger partial charge in [-0.25, -0.2) is 0 Å². The molecule has 1 atom stereocenters. The van der Waals surface area contributed by atoms with Crippen molar-refractivity contribution in [3.05, 3.63) is 30.1 Å². The van der Waals surface area contributed by atoms with Crippen molar-refractivity contribution in [3.8, 4) is 6.07 Å². The van der Waals surface area contributed by atoms with E-state index in [1.165, 1.54) is 13.1 Å². The van der Waals surface area contributed by atoms with Crippen molar-refractivity contribution in [2.75, 3.05) is 5.75 Å². The average molecular weight is 234 g/mol. The quantitative estimate of drug-likeness (QED) is 0.790. The molecule has 0 spiro atoms. The summed E-state index contributed by atoms with van der Waals surface area (Å²) in [7, 11) is 0. The fourth-order valence-electron chi connectivity index (χ4n) is 1.11. The Morgan fingerprint density at radius 1 is 1.56 bits per heavy atom. The van der Waals surface area contributed by atoms with E-state index >= 15 is 0 Å². The summed E-state index contributed by atoms with van der Waals surface area (Å²) in [6.07, 6.45) is 1.53. The summed E-state index contributed by atoms with van der Waals surface area (Å²) in [5.74, 6) is -1.15. The topological polar surface area (TPSA) is 70.8 Å². The van der Waals surface area contributed by atoms with Gasteiger partial charge < -0.3 is 0 Å².